The molecule has 31 heavy (non-hydrogen) atoms. The number of allylic oxidation sites excluding steroid dienone is 4. The molecular weight excluding hydrogens is 394 g/mol. The first-order chi connectivity index (χ1) is 14.7. The minimum absolute atomic E-state index is 0.00863. The van der Waals surface area contributed by atoms with Crippen molar-refractivity contribution in [3.05, 3.63) is 59.8 Å². The molecule has 2 atom stereocenters. The van der Waals surface area contributed by atoms with E-state index in [9.17, 15) is 8.78 Å². The van der Waals surface area contributed by atoms with Crippen LogP contribution in [0.2, 0.25) is 0 Å². The van der Waals surface area contributed by atoms with E-state index < -0.39 is 5.92 Å². The number of hydrogen-bond donors (Lipinski definition) is 1. The highest BCUT2D eigenvalue weighted by molar-refractivity contribution is 6.15. The lowest BCUT2D eigenvalue weighted by molar-refractivity contribution is 0.0663. The molecule has 1 heterocycles. The molecule has 0 saturated carbocycles. The highest BCUT2D eigenvalue weighted by atomic mass is 19.3. The van der Waals surface area contributed by atoms with Gasteiger partial charge < -0.3 is 10.6 Å². The Labute approximate surface area is 185 Å². The van der Waals surface area contributed by atoms with Crippen molar-refractivity contribution in [2.75, 3.05) is 26.2 Å². The Morgan fingerprint density at radius 2 is 2.06 bits per heavy atom. The molecular formula is C25H36F2N4. The first-order valence-corrected chi connectivity index (χ1v) is 11.0. The van der Waals surface area contributed by atoms with E-state index >= 15 is 0 Å². The largest absolute Gasteiger partial charge is 0.356 e. The van der Waals surface area contributed by atoms with Crippen LogP contribution < -0.4 is 5.73 Å². The lowest BCUT2D eigenvalue weighted by Crippen LogP contribution is -2.42. The van der Waals surface area contributed by atoms with Crippen molar-refractivity contribution in [1.82, 2.24) is 4.90 Å². The monoisotopic (exact) mass is 430 g/mol. The van der Waals surface area contributed by atoms with Gasteiger partial charge in [-0.15, -0.1) is 0 Å². The first kappa shape index (κ1) is 24.9. The van der Waals surface area contributed by atoms with Crippen LogP contribution in [0.4, 0.5) is 8.78 Å². The highest BCUT2D eigenvalue weighted by Gasteiger charge is 2.34. The molecule has 2 aliphatic rings. The van der Waals surface area contributed by atoms with Crippen LogP contribution >= 0.6 is 0 Å². The second-order valence-corrected chi connectivity index (χ2v) is 8.12. The number of aliphatic imine (C=N–C) groups is 2. The fraction of sp³-hybridized carbons (Fsp3) is 0.520. The van der Waals surface area contributed by atoms with Crippen LogP contribution in [0.15, 0.2) is 69.7 Å². The van der Waals surface area contributed by atoms with Crippen LogP contribution in [0.25, 0.3) is 0 Å². The summed E-state index contributed by atoms with van der Waals surface area (Å²) in [5.41, 5.74) is 9.45. The third-order valence-electron chi connectivity index (χ3n) is 5.81. The van der Waals surface area contributed by atoms with Gasteiger partial charge in [0.15, 0.2) is 0 Å². The van der Waals surface area contributed by atoms with Gasteiger partial charge in [-0.05, 0) is 31.4 Å². The quantitative estimate of drug-likeness (QED) is 0.517. The molecule has 0 radical (unpaired) electrons. The Kier molecular flexibility index (Phi) is 8.69. The van der Waals surface area contributed by atoms with E-state index in [4.69, 9.17) is 15.7 Å². The summed E-state index contributed by atoms with van der Waals surface area (Å²) in [4.78, 5) is 11.9. The summed E-state index contributed by atoms with van der Waals surface area (Å²) in [6.45, 7) is 16.5. The SMILES string of the molecule is C=CC(CN(CC)C1=NC2C(=CC(C)=CC2CC)C(=NCCN)C1)=C(C=C)C(C)(F)F. The molecule has 0 aromatic carbocycles. The van der Waals surface area contributed by atoms with E-state index in [1.54, 1.807) is 0 Å². The standard InChI is InChI=1S/C25H36F2N4/c1-7-18-13-17(5)14-20-22(29-12-11-28)15-23(30-24(18)20)31(10-4)16-19(8-2)21(9-3)25(6,26)27/h8-9,13-14,18,24H,2-3,7,10-12,15-16,28H2,1,4-6H3. The van der Waals surface area contributed by atoms with Crippen LogP contribution in [-0.4, -0.2) is 54.6 Å². The molecule has 0 amide bonds. The van der Waals surface area contributed by atoms with Gasteiger partial charge in [-0.3, -0.25) is 9.98 Å². The van der Waals surface area contributed by atoms with Gasteiger partial charge in [0.2, 0.25) is 0 Å². The third-order valence-corrected chi connectivity index (χ3v) is 5.81. The summed E-state index contributed by atoms with van der Waals surface area (Å²) in [5, 5.41) is 0. The number of amidine groups is 1. The zero-order valence-electron chi connectivity index (χ0n) is 19.3. The third kappa shape index (κ3) is 5.88. The summed E-state index contributed by atoms with van der Waals surface area (Å²) in [7, 11) is 0. The van der Waals surface area contributed by atoms with E-state index in [0.29, 0.717) is 38.2 Å². The summed E-state index contributed by atoms with van der Waals surface area (Å²) < 4.78 is 28.2. The van der Waals surface area contributed by atoms with E-state index in [0.717, 1.165) is 30.5 Å². The van der Waals surface area contributed by atoms with Crippen LogP contribution in [0, 0.1) is 5.92 Å². The first-order valence-electron chi connectivity index (χ1n) is 11.0. The Bertz CT molecular complexity index is 840. The molecule has 0 spiro atoms. The smallest absolute Gasteiger partial charge is 0.270 e. The van der Waals surface area contributed by atoms with Crippen LogP contribution in [0.3, 0.4) is 0 Å². The normalized spacial score (nSPS) is 23.3. The van der Waals surface area contributed by atoms with Crippen molar-refractivity contribution >= 4 is 11.5 Å². The van der Waals surface area contributed by atoms with Gasteiger partial charge >= 0.3 is 0 Å². The van der Waals surface area contributed by atoms with Crippen molar-refractivity contribution in [2.45, 2.75) is 52.5 Å². The second kappa shape index (κ2) is 10.8. The summed E-state index contributed by atoms with van der Waals surface area (Å²) in [6, 6.07) is -0.00863. The Balaban J connectivity index is 2.49. The van der Waals surface area contributed by atoms with Crippen molar-refractivity contribution in [1.29, 1.82) is 0 Å². The van der Waals surface area contributed by atoms with Gasteiger partial charge in [-0.2, -0.15) is 0 Å². The van der Waals surface area contributed by atoms with E-state index in [1.165, 1.54) is 17.7 Å². The van der Waals surface area contributed by atoms with Gasteiger partial charge in [0, 0.05) is 50.2 Å². The molecule has 2 unspecified atom stereocenters. The minimum Gasteiger partial charge on any atom is -0.356 e. The molecule has 0 aromatic rings. The molecule has 4 nitrogen and oxygen atoms in total. The molecule has 170 valence electrons. The number of nitrogens with zero attached hydrogens (tertiary/aromatic N) is 3. The lowest BCUT2D eigenvalue weighted by atomic mass is 9.80. The average Bonchev–Trinajstić information content (AvgIpc) is 2.73. The number of nitrogens with two attached hydrogens (primary N) is 1. The molecule has 1 aliphatic heterocycles. The Morgan fingerprint density at radius 3 is 2.58 bits per heavy atom. The van der Waals surface area contributed by atoms with E-state index in [1.807, 2.05) is 11.8 Å². The van der Waals surface area contributed by atoms with Gasteiger partial charge in [-0.25, -0.2) is 8.78 Å². The summed E-state index contributed by atoms with van der Waals surface area (Å²) in [6.07, 6.45) is 8.69. The number of likely N-dealkylation sites (N-methyl/N-ethyl adjacent to an activating group) is 1. The number of halogens is 2. The molecule has 2 rings (SSSR count). The van der Waals surface area contributed by atoms with Gasteiger partial charge in [0.1, 0.15) is 5.84 Å². The molecule has 0 saturated heterocycles. The second-order valence-electron chi connectivity index (χ2n) is 8.12. The van der Waals surface area contributed by atoms with E-state index in [2.05, 4.69) is 39.2 Å². The van der Waals surface area contributed by atoms with Gasteiger partial charge in [0.05, 0.1) is 12.6 Å². The summed E-state index contributed by atoms with van der Waals surface area (Å²) >= 11 is 0. The Hall–Kier alpha value is -2.34. The maximum absolute atomic E-state index is 14.1. The van der Waals surface area contributed by atoms with Crippen molar-refractivity contribution in [3.63, 3.8) is 0 Å². The Morgan fingerprint density at radius 1 is 1.35 bits per heavy atom. The fourth-order valence-corrected chi connectivity index (χ4v) is 4.24. The predicted molar refractivity (Wildman–Crippen MR) is 128 cm³/mol. The maximum Gasteiger partial charge on any atom is 0.270 e. The minimum atomic E-state index is -2.98. The predicted octanol–water partition coefficient (Wildman–Crippen LogP) is 5.12. The maximum atomic E-state index is 14.1. The van der Waals surface area contributed by atoms with Crippen LogP contribution in [0.5, 0.6) is 0 Å². The molecule has 6 heteroatoms. The zero-order chi connectivity index (χ0) is 23.2. The van der Waals surface area contributed by atoms with Crippen molar-refractivity contribution in [3.8, 4) is 0 Å². The number of fused-ring (bicyclic) bond motifs is 1. The molecule has 0 aromatic heterocycles. The number of hydrogen-bond acceptors (Lipinski definition) is 4. The van der Waals surface area contributed by atoms with Crippen molar-refractivity contribution < 1.29 is 8.78 Å². The lowest BCUT2D eigenvalue weighted by Gasteiger charge is -2.36. The van der Waals surface area contributed by atoms with Gasteiger partial charge in [-0.1, -0.05) is 50.0 Å². The highest BCUT2D eigenvalue weighted by Crippen LogP contribution is 2.34. The topological polar surface area (TPSA) is 54.0 Å². The number of alkyl halides is 2. The fourth-order valence-electron chi connectivity index (χ4n) is 4.24. The van der Waals surface area contributed by atoms with Crippen LogP contribution in [0.1, 0.15) is 40.5 Å². The molecule has 0 bridgehead atoms. The summed E-state index contributed by atoms with van der Waals surface area (Å²) in [5.74, 6) is -1.83. The van der Waals surface area contributed by atoms with Crippen molar-refractivity contribution in [2.24, 2.45) is 21.6 Å². The zero-order valence-corrected chi connectivity index (χ0v) is 19.3. The van der Waals surface area contributed by atoms with E-state index in [-0.39, 0.29) is 17.5 Å². The van der Waals surface area contributed by atoms with Crippen LogP contribution in [-0.2, 0) is 0 Å². The average molecular weight is 431 g/mol. The molecule has 1 aliphatic carbocycles. The van der Waals surface area contributed by atoms with Gasteiger partial charge in [0.25, 0.3) is 5.92 Å². The molecule has 0 fully saturated rings. The number of rotatable bonds is 9. The molecule has 2 N–H and O–H groups in total.